The molecule has 0 saturated carbocycles. The molecule has 0 atom stereocenters. The number of nitrogens with two attached hydrogens (primary N) is 2. The van der Waals surface area contributed by atoms with Crippen molar-refractivity contribution in [2.24, 2.45) is 12.8 Å². The maximum absolute atomic E-state index is 11.8. The van der Waals surface area contributed by atoms with E-state index in [0.29, 0.717) is 22.6 Å². The number of methoxy groups -OCH3 is 1. The zero-order chi connectivity index (χ0) is 23.0. The standard InChI is InChI=1S/C11H13N3O.C10H11NO2.C2H6/c1-8-10(12)11(15)14(13(8)2)9-6-4-3-5-7-9;1-4-6-7(5-2)10(13-3)8(11)9(6)12;1-2/h3-7H,12H2,1-2H3;4-5H,1-2H2,3H3,(H2,11,12);1-2H3. The van der Waals surface area contributed by atoms with Gasteiger partial charge in [-0.1, -0.05) is 57.4 Å². The topological polar surface area (TPSA) is 105 Å². The minimum absolute atomic E-state index is 0.118. The molecule has 2 aromatic rings. The molecule has 7 heteroatoms. The van der Waals surface area contributed by atoms with Crippen LogP contribution in [0, 0.1) is 6.92 Å². The van der Waals surface area contributed by atoms with Crippen LogP contribution in [0.25, 0.3) is 5.69 Å². The molecule has 30 heavy (non-hydrogen) atoms. The van der Waals surface area contributed by atoms with Gasteiger partial charge in [0.05, 0.1) is 18.5 Å². The van der Waals surface area contributed by atoms with Crippen molar-refractivity contribution in [3.63, 3.8) is 0 Å². The molecule has 0 spiro atoms. The summed E-state index contributed by atoms with van der Waals surface area (Å²) >= 11 is 0. The second kappa shape index (κ2) is 10.7. The first kappa shape index (κ1) is 24.3. The van der Waals surface area contributed by atoms with Gasteiger partial charge in [-0.15, -0.1) is 0 Å². The Morgan fingerprint density at radius 1 is 1.00 bits per heavy atom. The van der Waals surface area contributed by atoms with Crippen LogP contribution in [0.1, 0.15) is 19.5 Å². The van der Waals surface area contributed by atoms with Gasteiger partial charge in [-0.25, -0.2) is 4.68 Å². The molecule has 1 aromatic carbocycles. The fourth-order valence-electron chi connectivity index (χ4n) is 2.85. The zero-order valence-electron chi connectivity index (χ0n) is 18.2. The predicted molar refractivity (Wildman–Crippen MR) is 122 cm³/mol. The van der Waals surface area contributed by atoms with E-state index in [9.17, 15) is 9.59 Å². The van der Waals surface area contributed by atoms with E-state index in [1.54, 1.807) is 9.36 Å². The molecular formula is C23H30N4O3. The quantitative estimate of drug-likeness (QED) is 0.805. The number of anilines is 1. The normalized spacial score (nSPS) is 12.6. The van der Waals surface area contributed by atoms with Gasteiger partial charge in [-0.2, -0.15) is 0 Å². The molecule has 1 aromatic heterocycles. The molecule has 1 aliphatic rings. The Morgan fingerprint density at radius 2 is 1.53 bits per heavy atom. The van der Waals surface area contributed by atoms with Crippen molar-refractivity contribution in [1.29, 1.82) is 0 Å². The van der Waals surface area contributed by atoms with Crippen LogP contribution in [0.3, 0.4) is 0 Å². The summed E-state index contributed by atoms with van der Waals surface area (Å²) in [6.45, 7) is 12.9. The lowest BCUT2D eigenvalue weighted by Gasteiger charge is -2.07. The van der Waals surface area contributed by atoms with Crippen LogP contribution in [0.4, 0.5) is 5.69 Å². The van der Waals surface area contributed by atoms with E-state index in [2.05, 4.69) is 13.2 Å². The highest BCUT2D eigenvalue weighted by Gasteiger charge is 2.28. The van der Waals surface area contributed by atoms with Gasteiger partial charge in [-0.05, 0) is 19.1 Å². The molecule has 0 radical (unpaired) electrons. The number of ketones is 1. The Labute approximate surface area is 177 Å². The monoisotopic (exact) mass is 410 g/mol. The zero-order valence-corrected chi connectivity index (χ0v) is 18.2. The third-order valence-electron chi connectivity index (χ3n) is 4.48. The highest BCUT2D eigenvalue weighted by molar-refractivity contribution is 6.14. The van der Waals surface area contributed by atoms with Crippen LogP contribution in [0.15, 0.2) is 83.0 Å². The van der Waals surface area contributed by atoms with Crippen LogP contribution in [0.2, 0.25) is 0 Å². The van der Waals surface area contributed by atoms with E-state index >= 15 is 0 Å². The maximum atomic E-state index is 11.8. The van der Waals surface area contributed by atoms with Gasteiger partial charge in [0.1, 0.15) is 11.4 Å². The number of nitrogens with zero attached hydrogens (tertiary/aromatic N) is 2. The van der Waals surface area contributed by atoms with Gasteiger partial charge in [0.2, 0.25) is 5.78 Å². The minimum Gasteiger partial charge on any atom is -0.494 e. The molecule has 160 valence electrons. The third-order valence-corrected chi connectivity index (χ3v) is 4.48. The second-order valence-corrected chi connectivity index (χ2v) is 5.99. The number of rotatable bonds is 4. The molecule has 0 amide bonds. The van der Waals surface area contributed by atoms with Crippen molar-refractivity contribution in [3.05, 3.63) is 94.3 Å². The molecule has 0 saturated heterocycles. The second-order valence-electron chi connectivity index (χ2n) is 5.99. The number of carbonyl (C=O) groups is 1. The van der Waals surface area contributed by atoms with Crippen molar-refractivity contribution in [1.82, 2.24) is 9.36 Å². The van der Waals surface area contributed by atoms with E-state index in [1.165, 1.54) is 19.3 Å². The Hall–Kier alpha value is -3.74. The van der Waals surface area contributed by atoms with Crippen LogP contribution in [-0.2, 0) is 16.6 Å². The van der Waals surface area contributed by atoms with Gasteiger partial charge in [0, 0.05) is 18.2 Å². The lowest BCUT2D eigenvalue weighted by atomic mass is 10.1. The number of hydrogen-bond acceptors (Lipinski definition) is 5. The van der Waals surface area contributed by atoms with Gasteiger partial charge < -0.3 is 16.2 Å². The van der Waals surface area contributed by atoms with Crippen LogP contribution in [-0.4, -0.2) is 22.3 Å². The van der Waals surface area contributed by atoms with Gasteiger partial charge in [0.15, 0.2) is 5.76 Å². The average molecular weight is 411 g/mol. The van der Waals surface area contributed by atoms with Gasteiger partial charge in [-0.3, -0.25) is 14.3 Å². The first-order valence-electron chi connectivity index (χ1n) is 9.47. The molecule has 1 heterocycles. The highest BCUT2D eigenvalue weighted by Crippen LogP contribution is 2.28. The summed E-state index contributed by atoms with van der Waals surface area (Å²) in [6, 6.07) is 9.44. The van der Waals surface area contributed by atoms with Crippen LogP contribution < -0.4 is 17.0 Å². The summed E-state index contributed by atoms with van der Waals surface area (Å²) in [4.78, 5) is 23.3. The van der Waals surface area contributed by atoms with E-state index in [0.717, 1.165) is 11.4 Å². The predicted octanol–water partition coefficient (Wildman–Crippen LogP) is 3.15. The fraction of sp³-hybridized carbons (Fsp3) is 0.217. The Balaban J connectivity index is 0.000000280. The molecule has 0 bridgehead atoms. The van der Waals surface area contributed by atoms with Gasteiger partial charge in [0.25, 0.3) is 5.56 Å². The summed E-state index contributed by atoms with van der Waals surface area (Å²) in [6.07, 6.45) is 2.99. The molecule has 0 aliphatic heterocycles. The van der Waals surface area contributed by atoms with E-state index in [-0.39, 0.29) is 17.0 Å². The van der Waals surface area contributed by atoms with Crippen molar-refractivity contribution in [2.75, 3.05) is 12.8 Å². The largest absolute Gasteiger partial charge is 0.494 e. The van der Waals surface area contributed by atoms with Gasteiger partial charge >= 0.3 is 0 Å². The lowest BCUT2D eigenvalue weighted by molar-refractivity contribution is -0.111. The molecule has 1 aliphatic carbocycles. The molecule has 4 N–H and O–H groups in total. The molecule has 7 nitrogen and oxygen atoms in total. The van der Waals surface area contributed by atoms with Crippen molar-refractivity contribution in [3.8, 4) is 5.69 Å². The first-order chi connectivity index (χ1) is 14.3. The molecular weight excluding hydrogens is 380 g/mol. The Morgan fingerprint density at radius 3 is 1.93 bits per heavy atom. The summed E-state index contributed by atoms with van der Waals surface area (Å²) in [7, 11) is 3.28. The van der Waals surface area contributed by atoms with E-state index < -0.39 is 0 Å². The van der Waals surface area contributed by atoms with Crippen molar-refractivity contribution in [2.45, 2.75) is 20.8 Å². The van der Waals surface area contributed by atoms with Crippen molar-refractivity contribution < 1.29 is 9.53 Å². The Bertz CT molecular complexity index is 1050. The molecule has 0 fully saturated rings. The summed E-state index contributed by atoms with van der Waals surface area (Å²) in [5, 5.41) is 0. The third kappa shape index (κ3) is 4.46. The number of nitrogen functional groups attached to an aromatic ring is 1. The van der Waals surface area contributed by atoms with E-state index in [1.807, 2.05) is 58.2 Å². The number of Topliss-reactive ketones (excluding diaryl/α,β-unsaturated/α-hetero) is 1. The average Bonchev–Trinajstić information content (AvgIpc) is 3.14. The SMILES string of the molecule is C=CC1=C(C=C)C(OC)=C(N)C1=O.CC.Cc1c(N)c(=O)n(-c2ccccc2)n1C. The van der Waals surface area contributed by atoms with Crippen LogP contribution in [0.5, 0.6) is 0 Å². The number of allylic oxidation sites excluding steroid dienone is 3. The number of benzene rings is 1. The Kier molecular flexibility index (Phi) is 8.67. The van der Waals surface area contributed by atoms with Crippen LogP contribution >= 0.6 is 0 Å². The molecule has 3 rings (SSSR count). The first-order valence-corrected chi connectivity index (χ1v) is 9.47. The van der Waals surface area contributed by atoms with Crippen molar-refractivity contribution >= 4 is 11.5 Å². The number of hydrogen-bond donors (Lipinski definition) is 2. The fourth-order valence-corrected chi connectivity index (χ4v) is 2.85. The summed E-state index contributed by atoms with van der Waals surface area (Å²) < 4.78 is 8.30. The number of ether oxygens (including phenoxy) is 1. The highest BCUT2D eigenvalue weighted by atomic mass is 16.5. The number of carbonyl (C=O) groups excluding carboxylic acids is 1. The number of para-hydroxylation sites is 1. The summed E-state index contributed by atoms with van der Waals surface area (Å²) in [5.41, 5.74) is 14.1. The molecule has 0 unspecified atom stereocenters. The maximum Gasteiger partial charge on any atom is 0.294 e. The smallest absolute Gasteiger partial charge is 0.294 e. The minimum atomic E-state index is -0.248. The van der Waals surface area contributed by atoms with E-state index in [4.69, 9.17) is 16.2 Å². The lowest BCUT2D eigenvalue weighted by Crippen LogP contribution is -2.20. The summed E-state index contributed by atoms with van der Waals surface area (Å²) in [5.74, 6) is 0.136. The number of aromatic nitrogens is 2.